The van der Waals surface area contributed by atoms with Gasteiger partial charge in [0.1, 0.15) is 13.2 Å². The molecule has 0 aliphatic heterocycles. The van der Waals surface area contributed by atoms with Gasteiger partial charge in [-0.05, 0) is 122 Å². The highest BCUT2D eigenvalue weighted by Gasteiger charge is 2.25. The average Bonchev–Trinajstić information content (AvgIpc) is 3.38. The highest BCUT2D eigenvalue weighted by molar-refractivity contribution is 5.71. The summed E-state index contributed by atoms with van der Waals surface area (Å²) in [5.74, 6) is -2.14. The Hall–Kier alpha value is -5.35. The third kappa shape index (κ3) is 56.2. The first kappa shape index (κ1) is 69.7. The molecule has 0 amide bonds. The van der Waals surface area contributed by atoms with Crippen molar-refractivity contribution in [3.05, 3.63) is 170 Å². The number of likely N-dealkylation sites (N-methyl/N-ethyl adjacent to an activating group) is 1. The van der Waals surface area contributed by atoms with Crippen molar-refractivity contribution < 1.29 is 42.9 Å². The number of quaternary nitrogens is 1. The van der Waals surface area contributed by atoms with Crippen LogP contribution in [0.3, 0.4) is 0 Å². The second-order valence-electron chi connectivity index (χ2n) is 19.1. The first-order chi connectivity index (χ1) is 36.6. The predicted octanol–water partition coefficient (Wildman–Crippen LogP) is 16.8. The summed E-state index contributed by atoms with van der Waals surface area (Å²) in [5, 5.41) is 9.70. The highest BCUT2D eigenvalue weighted by atomic mass is 16.7. The molecule has 75 heavy (non-hydrogen) atoms. The van der Waals surface area contributed by atoms with Gasteiger partial charge in [0.15, 0.2) is 6.10 Å². The molecule has 0 aromatic rings. The number of unbranched alkanes of at least 4 members (excludes halogenated alkanes) is 6. The largest absolute Gasteiger partial charge is 0.477 e. The lowest BCUT2D eigenvalue weighted by molar-refractivity contribution is -0.870. The summed E-state index contributed by atoms with van der Waals surface area (Å²) >= 11 is 0. The average molecular weight is 1040 g/mol. The van der Waals surface area contributed by atoms with Crippen LogP contribution in [0.4, 0.5) is 0 Å². The molecule has 418 valence electrons. The number of allylic oxidation sites excluding steroid dienone is 28. The lowest BCUT2D eigenvalue weighted by Crippen LogP contribution is -2.40. The van der Waals surface area contributed by atoms with Crippen LogP contribution in [-0.2, 0) is 33.3 Å². The van der Waals surface area contributed by atoms with E-state index in [0.29, 0.717) is 23.9 Å². The lowest BCUT2D eigenvalue weighted by atomic mass is 10.1. The fourth-order valence-electron chi connectivity index (χ4n) is 6.69. The van der Waals surface area contributed by atoms with E-state index in [4.69, 9.17) is 18.9 Å². The van der Waals surface area contributed by atoms with Gasteiger partial charge < -0.3 is 28.5 Å². The van der Waals surface area contributed by atoms with E-state index in [1.807, 2.05) is 21.1 Å². The number of hydrogen-bond donors (Lipinski definition) is 1. The molecule has 9 nitrogen and oxygen atoms in total. The lowest BCUT2D eigenvalue weighted by Gasteiger charge is -2.25. The maximum absolute atomic E-state index is 12.9. The quantitative estimate of drug-likeness (QED) is 0.0211. The molecule has 2 unspecified atom stereocenters. The van der Waals surface area contributed by atoms with Gasteiger partial charge in [0.2, 0.25) is 0 Å². The number of esters is 2. The summed E-state index contributed by atoms with van der Waals surface area (Å²) in [7, 11) is 5.92. The molecule has 0 saturated carbocycles. The smallest absolute Gasteiger partial charge is 0.361 e. The Balaban J connectivity index is 4.48. The number of carboxylic acids is 1. The van der Waals surface area contributed by atoms with E-state index in [9.17, 15) is 19.5 Å². The number of carbonyl (C=O) groups excluding carboxylic acids is 2. The Bertz CT molecular complexity index is 1830. The van der Waals surface area contributed by atoms with Gasteiger partial charge in [-0.1, -0.05) is 203 Å². The van der Waals surface area contributed by atoms with Crippen LogP contribution in [0, 0.1) is 0 Å². The molecule has 0 rings (SSSR count). The van der Waals surface area contributed by atoms with Crippen LogP contribution < -0.4 is 0 Å². The molecule has 0 bridgehead atoms. The third-order valence-electron chi connectivity index (χ3n) is 11.0. The van der Waals surface area contributed by atoms with Gasteiger partial charge in [-0.25, -0.2) is 4.79 Å². The van der Waals surface area contributed by atoms with Gasteiger partial charge in [-0.2, -0.15) is 0 Å². The molecule has 1 N–H and O–H groups in total. The molecule has 0 saturated heterocycles. The minimum absolute atomic E-state index is 0.163. The zero-order chi connectivity index (χ0) is 54.8. The fraction of sp³-hybridized carbons (Fsp3) is 0.530. The maximum Gasteiger partial charge on any atom is 0.361 e. The first-order valence-corrected chi connectivity index (χ1v) is 28.3. The fourth-order valence-corrected chi connectivity index (χ4v) is 6.69. The molecule has 0 heterocycles. The molecule has 2 atom stereocenters. The second-order valence-corrected chi connectivity index (χ2v) is 19.1. The maximum atomic E-state index is 12.9. The SMILES string of the molecule is CC/C=C\C/C=C\C/C=C\C/C=C\C/C=C\C/C=C\C/C=C\CCCCCCCC(=O)OC(COC(=O)CCC/C=C\C/C=C\C/C=C\C/C=C\C/C=C\C/C=C\C/C=C\CC)COC(OCC[N+](C)(C)C)C(=O)O. The van der Waals surface area contributed by atoms with Crippen LogP contribution in [0.25, 0.3) is 0 Å². The number of ether oxygens (including phenoxy) is 4. The van der Waals surface area contributed by atoms with Gasteiger partial charge in [0, 0.05) is 12.8 Å². The summed E-state index contributed by atoms with van der Waals surface area (Å²) in [6.45, 7) is 4.52. The number of carbonyl (C=O) groups is 3. The zero-order valence-electron chi connectivity index (χ0n) is 47.4. The predicted molar refractivity (Wildman–Crippen MR) is 317 cm³/mol. The van der Waals surface area contributed by atoms with Crippen molar-refractivity contribution in [3.63, 3.8) is 0 Å². The molecule has 0 spiro atoms. The van der Waals surface area contributed by atoms with Crippen LogP contribution in [0.5, 0.6) is 0 Å². The number of carboxylic acid groups (broad SMARTS) is 1. The van der Waals surface area contributed by atoms with E-state index in [2.05, 4.69) is 184 Å². The monoisotopic (exact) mass is 1040 g/mol. The summed E-state index contributed by atoms with van der Waals surface area (Å²) in [4.78, 5) is 37.4. The normalized spacial score (nSPS) is 14.1. The summed E-state index contributed by atoms with van der Waals surface area (Å²) in [5.41, 5.74) is 0. The van der Waals surface area contributed by atoms with E-state index in [-0.39, 0.29) is 32.7 Å². The molecule has 0 aliphatic rings. The Morgan fingerprint density at radius 2 is 0.733 bits per heavy atom. The van der Waals surface area contributed by atoms with E-state index >= 15 is 0 Å². The summed E-state index contributed by atoms with van der Waals surface area (Å²) < 4.78 is 22.8. The number of aliphatic carboxylic acids is 1. The molecule has 0 aromatic carbocycles. The number of nitrogens with zero attached hydrogens (tertiary/aromatic N) is 1. The summed E-state index contributed by atoms with van der Waals surface area (Å²) in [6.07, 6.45) is 80.0. The Labute approximate surface area is 457 Å². The van der Waals surface area contributed by atoms with Gasteiger partial charge >= 0.3 is 17.9 Å². The zero-order valence-corrected chi connectivity index (χ0v) is 47.4. The van der Waals surface area contributed by atoms with Crippen molar-refractivity contribution in [2.24, 2.45) is 0 Å². The van der Waals surface area contributed by atoms with Crippen LogP contribution >= 0.6 is 0 Å². The van der Waals surface area contributed by atoms with Crippen molar-refractivity contribution in [3.8, 4) is 0 Å². The minimum Gasteiger partial charge on any atom is -0.477 e. The van der Waals surface area contributed by atoms with E-state index in [1.54, 1.807) is 0 Å². The second kappa shape index (κ2) is 54.9. The first-order valence-electron chi connectivity index (χ1n) is 28.3. The van der Waals surface area contributed by atoms with Crippen molar-refractivity contribution >= 4 is 17.9 Å². The van der Waals surface area contributed by atoms with Gasteiger partial charge in [-0.15, -0.1) is 0 Å². The molecular formula is C66H102NO8+. The van der Waals surface area contributed by atoms with Crippen LogP contribution in [0.2, 0.25) is 0 Å². The molecule has 0 radical (unpaired) electrons. The van der Waals surface area contributed by atoms with Crippen molar-refractivity contribution in [2.75, 3.05) is 47.5 Å². The van der Waals surface area contributed by atoms with Crippen LogP contribution in [0.15, 0.2) is 170 Å². The Morgan fingerprint density at radius 3 is 1.11 bits per heavy atom. The van der Waals surface area contributed by atoms with Crippen molar-refractivity contribution in [1.82, 2.24) is 0 Å². The topological polar surface area (TPSA) is 108 Å². The van der Waals surface area contributed by atoms with Crippen molar-refractivity contribution in [2.45, 2.75) is 180 Å². The number of hydrogen-bond acceptors (Lipinski definition) is 7. The molecular weight excluding hydrogens is 935 g/mol. The van der Waals surface area contributed by atoms with Gasteiger partial charge in [0.25, 0.3) is 6.29 Å². The van der Waals surface area contributed by atoms with E-state index in [1.165, 1.54) is 0 Å². The van der Waals surface area contributed by atoms with Crippen LogP contribution in [-0.4, -0.2) is 87.4 Å². The molecule has 0 fully saturated rings. The standard InChI is InChI=1S/C66H101NO8/c1-6-8-10-12-14-16-18-20-22-24-26-28-30-31-32-33-35-37-39-41-43-45-47-49-51-53-55-57-64(69)75-62(61-74-66(65(70)71)72-59-58-67(3,4)5)60-73-63(68)56-54-52-50-48-46-44-42-40-38-36-34-29-27-25-23-21-19-17-15-13-11-9-7-2/h8-11,14-17,20-23,26-29,31-32,35-38,41-44,48,50,62,66H,6-7,12-13,18-19,24-25,30,33-34,39-40,45-47,49,51-61H2,1-5H3/p+1/b10-8-,11-9-,16-14-,17-15-,22-20-,23-21-,28-26-,29-27-,32-31-,37-35-,38-36-,43-41-,44-42-,50-48-. The van der Waals surface area contributed by atoms with E-state index < -0.39 is 30.3 Å². The Morgan fingerprint density at radius 1 is 0.400 bits per heavy atom. The number of rotatable bonds is 49. The Kier molecular flexibility index (Phi) is 51.0. The summed E-state index contributed by atoms with van der Waals surface area (Å²) in [6, 6.07) is 0. The molecule has 0 aromatic heterocycles. The minimum atomic E-state index is -1.54. The third-order valence-corrected chi connectivity index (χ3v) is 11.0. The van der Waals surface area contributed by atoms with Gasteiger partial charge in [0.05, 0.1) is 34.4 Å². The van der Waals surface area contributed by atoms with Crippen LogP contribution in [0.1, 0.15) is 168 Å². The van der Waals surface area contributed by atoms with Gasteiger partial charge in [-0.3, -0.25) is 9.59 Å². The van der Waals surface area contributed by atoms with E-state index in [0.717, 1.165) is 128 Å². The molecule has 9 heteroatoms. The van der Waals surface area contributed by atoms with Crippen molar-refractivity contribution in [1.29, 1.82) is 0 Å². The molecule has 0 aliphatic carbocycles. The highest BCUT2D eigenvalue weighted by Crippen LogP contribution is 2.12.